The minimum atomic E-state index is 0.274. The van der Waals surface area contributed by atoms with Gasteiger partial charge in [0.25, 0.3) is 0 Å². The molecule has 0 spiro atoms. The summed E-state index contributed by atoms with van der Waals surface area (Å²) in [4.78, 5) is 0.274. The fourth-order valence-electron chi connectivity index (χ4n) is 2.98. The van der Waals surface area contributed by atoms with E-state index in [0.717, 1.165) is 13.0 Å². The van der Waals surface area contributed by atoms with Crippen molar-refractivity contribution in [3.05, 3.63) is 47.5 Å². The van der Waals surface area contributed by atoms with Crippen molar-refractivity contribution in [2.45, 2.75) is 31.2 Å². The molecule has 0 saturated carbocycles. The SMILES string of the molecule is Cc1ccc(C(Br)C2OCCC2C)c2ccccc12. The van der Waals surface area contributed by atoms with Crippen molar-refractivity contribution in [2.75, 3.05) is 6.61 Å². The second kappa shape index (κ2) is 5.26. The van der Waals surface area contributed by atoms with Crippen LogP contribution in [0.4, 0.5) is 0 Å². The van der Waals surface area contributed by atoms with Gasteiger partial charge < -0.3 is 4.74 Å². The predicted molar refractivity (Wildman–Crippen MR) is 83.9 cm³/mol. The van der Waals surface area contributed by atoms with Gasteiger partial charge in [0.1, 0.15) is 0 Å². The lowest BCUT2D eigenvalue weighted by molar-refractivity contribution is 0.0937. The number of aryl methyl sites for hydroxylation is 1. The fraction of sp³-hybridized carbons (Fsp3) is 0.412. The molecule has 1 fully saturated rings. The van der Waals surface area contributed by atoms with E-state index in [-0.39, 0.29) is 10.9 Å². The van der Waals surface area contributed by atoms with Crippen LogP contribution in [0.5, 0.6) is 0 Å². The molecule has 0 N–H and O–H groups in total. The van der Waals surface area contributed by atoms with Crippen molar-refractivity contribution < 1.29 is 4.74 Å². The summed E-state index contributed by atoms with van der Waals surface area (Å²) in [5.41, 5.74) is 2.68. The summed E-state index contributed by atoms with van der Waals surface area (Å²) in [6.45, 7) is 5.34. The van der Waals surface area contributed by atoms with Crippen molar-refractivity contribution in [1.29, 1.82) is 0 Å². The lowest BCUT2D eigenvalue weighted by atomic mass is 9.92. The molecule has 2 aromatic carbocycles. The van der Waals surface area contributed by atoms with Gasteiger partial charge in [-0.1, -0.05) is 59.3 Å². The van der Waals surface area contributed by atoms with Crippen LogP contribution in [0.2, 0.25) is 0 Å². The first-order valence-corrected chi connectivity index (χ1v) is 7.84. The third-order valence-corrected chi connectivity index (χ3v) is 5.22. The van der Waals surface area contributed by atoms with Gasteiger partial charge in [-0.05, 0) is 41.2 Å². The molecule has 3 unspecified atom stereocenters. The summed E-state index contributed by atoms with van der Waals surface area (Å²) in [5, 5.41) is 2.68. The van der Waals surface area contributed by atoms with Crippen LogP contribution in [0.1, 0.15) is 29.3 Å². The first kappa shape index (κ1) is 13.1. The van der Waals surface area contributed by atoms with Gasteiger partial charge in [-0.3, -0.25) is 0 Å². The Kier molecular flexibility index (Phi) is 3.64. The first-order valence-electron chi connectivity index (χ1n) is 6.92. The Morgan fingerprint density at radius 3 is 2.58 bits per heavy atom. The van der Waals surface area contributed by atoms with Crippen LogP contribution in [0, 0.1) is 12.8 Å². The number of halogens is 1. The van der Waals surface area contributed by atoms with E-state index in [1.165, 1.54) is 21.9 Å². The van der Waals surface area contributed by atoms with Gasteiger partial charge in [0.2, 0.25) is 0 Å². The Morgan fingerprint density at radius 2 is 1.89 bits per heavy atom. The van der Waals surface area contributed by atoms with E-state index in [9.17, 15) is 0 Å². The van der Waals surface area contributed by atoms with E-state index in [0.29, 0.717) is 5.92 Å². The lowest BCUT2D eigenvalue weighted by Crippen LogP contribution is -2.19. The van der Waals surface area contributed by atoms with Crippen molar-refractivity contribution in [3.63, 3.8) is 0 Å². The normalized spacial score (nSPS) is 24.8. The van der Waals surface area contributed by atoms with Crippen molar-refractivity contribution in [2.24, 2.45) is 5.92 Å². The average Bonchev–Trinajstić information content (AvgIpc) is 2.85. The highest BCUT2D eigenvalue weighted by Gasteiger charge is 2.32. The Bertz CT molecular complexity index is 593. The van der Waals surface area contributed by atoms with Crippen molar-refractivity contribution >= 4 is 26.7 Å². The molecule has 0 aliphatic carbocycles. The summed E-state index contributed by atoms with van der Waals surface area (Å²) >= 11 is 3.87. The largest absolute Gasteiger partial charge is 0.376 e. The van der Waals surface area contributed by atoms with Crippen LogP contribution in [0.25, 0.3) is 10.8 Å². The zero-order valence-electron chi connectivity index (χ0n) is 11.4. The first-order chi connectivity index (χ1) is 9.18. The molecule has 0 bridgehead atoms. The van der Waals surface area contributed by atoms with E-state index in [1.54, 1.807) is 0 Å². The second-order valence-electron chi connectivity index (χ2n) is 5.52. The van der Waals surface area contributed by atoms with E-state index >= 15 is 0 Å². The lowest BCUT2D eigenvalue weighted by Gasteiger charge is -2.23. The topological polar surface area (TPSA) is 9.23 Å². The van der Waals surface area contributed by atoms with Gasteiger partial charge in [0, 0.05) is 6.61 Å². The third kappa shape index (κ3) is 2.32. The maximum Gasteiger partial charge on any atom is 0.0767 e. The molecule has 0 aromatic heterocycles. The summed E-state index contributed by atoms with van der Waals surface area (Å²) in [7, 11) is 0. The molecule has 2 aromatic rings. The molecule has 3 atom stereocenters. The molecule has 100 valence electrons. The molecule has 19 heavy (non-hydrogen) atoms. The monoisotopic (exact) mass is 318 g/mol. The Balaban J connectivity index is 2.07. The highest BCUT2D eigenvalue weighted by atomic mass is 79.9. The summed E-state index contributed by atoms with van der Waals surface area (Å²) in [6.07, 6.45) is 1.45. The maximum absolute atomic E-state index is 5.91. The standard InChI is InChI=1S/C17H19BrO/c1-11-7-8-15(14-6-4-3-5-13(11)14)16(18)17-12(2)9-10-19-17/h3-8,12,16-17H,9-10H2,1-2H3. The van der Waals surface area contributed by atoms with Gasteiger partial charge in [0.05, 0.1) is 10.9 Å². The number of alkyl halides is 1. The van der Waals surface area contributed by atoms with Crippen molar-refractivity contribution in [3.8, 4) is 0 Å². The van der Waals surface area contributed by atoms with E-state index < -0.39 is 0 Å². The zero-order chi connectivity index (χ0) is 13.4. The maximum atomic E-state index is 5.91. The van der Waals surface area contributed by atoms with E-state index in [2.05, 4.69) is 66.2 Å². The number of fused-ring (bicyclic) bond motifs is 1. The summed E-state index contributed by atoms with van der Waals surface area (Å²) in [6, 6.07) is 13.1. The molecule has 1 aliphatic heterocycles. The minimum Gasteiger partial charge on any atom is -0.376 e. The van der Waals surface area contributed by atoms with Crippen LogP contribution < -0.4 is 0 Å². The summed E-state index contributed by atoms with van der Waals surface area (Å²) in [5.74, 6) is 0.615. The molecule has 1 aliphatic rings. The average molecular weight is 319 g/mol. The molecule has 1 saturated heterocycles. The van der Waals surface area contributed by atoms with Gasteiger partial charge in [0.15, 0.2) is 0 Å². The minimum absolute atomic E-state index is 0.274. The third-order valence-electron chi connectivity index (χ3n) is 4.21. The van der Waals surface area contributed by atoms with Gasteiger partial charge in [-0.15, -0.1) is 0 Å². The number of ether oxygens (including phenoxy) is 1. The number of hydrogen-bond acceptors (Lipinski definition) is 1. The molecule has 3 rings (SSSR count). The Hall–Kier alpha value is -0.860. The molecule has 1 heterocycles. The molecular weight excluding hydrogens is 300 g/mol. The highest BCUT2D eigenvalue weighted by Crippen LogP contribution is 2.40. The van der Waals surface area contributed by atoms with Crippen LogP contribution in [-0.2, 0) is 4.74 Å². The molecule has 1 nitrogen and oxygen atoms in total. The van der Waals surface area contributed by atoms with E-state index in [1.807, 2.05) is 0 Å². The molecule has 0 radical (unpaired) electrons. The smallest absolute Gasteiger partial charge is 0.0767 e. The predicted octanol–water partition coefficient (Wildman–Crippen LogP) is 5.01. The number of rotatable bonds is 2. The Morgan fingerprint density at radius 1 is 1.16 bits per heavy atom. The van der Waals surface area contributed by atoms with Gasteiger partial charge in [-0.25, -0.2) is 0 Å². The van der Waals surface area contributed by atoms with Crippen LogP contribution >= 0.6 is 15.9 Å². The van der Waals surface area contributed by atoms with Crippen LogP contribution in [0.15, 0.2) is 36.4 Å². The molecule has 0 amide bonds. The highest BCUT2D eigenvalue weighted by molar-refractivity contribution is 9.09. The van der Waals surface area contributed by atoms with Crippen LogP contribution in [-0.4, -0.2) is 12.7 Å². The van der Waals surface area contributed by atoms with Crippen molar-refractivity contribution in [1.82, 2.24) is 0 Å². The number of hydrogen-bond donors (Lipinski definition) is 0. The molecular formula is C17H19BrO. The second-order valence-corrected chi connectivity index (χ2v) is 6.51. The molecule has 2 heteroatoms. The van der Waals surface area contributed by atoms with E-state index in [4.69, 9.17) is 4.74 Å². The number of benzene rings is 2. The van der Waals surface area contributed by atoms with Crippen LogP contribution in [0.3, 0.4) is 0 Å². The summed E-state index contributed by atoms with van der Waals surface area (Å²) < 4.78 is 5.91. The fourth-order valence-corrected chi connectivity index (χ4v) is 4.05. The Labute approximate surface area is 123 Å². The van der Waals surface area contributed by atoms with Gasteiger partial charge >= 0.3 is 0 Å². The van der Waals surface area contributed by atoms with Gasteiger partial charge in [-0.2, -0.15) is 0 Å². The quantitative estimate of drug-likeness (QED) is 0.707. The zero-order valence-corrected chi connectivity index (χ0v) is 13.0.